The summed E-state index contributed by atoms with van der Waals surface area (Å²) in [6, 6.07) is 0.897. The molecular weight excluding hydrogens is 172 g/mol. The van der Waals surface area contributed by atoms with Gasteiger partial charge in [-0.2, -0.15) is 0 Å². The smallest absolute Gasteiger partial charge is 0.00923 e. The highest BCUT2D eigenvalue weighted by Crippen LogP contribution is 2.33. The molecule has 0 aromatic rings. The second-order valence-electron chi connectivity index (χ2n) is 5.21. The molecular formula is C12H24N2. The van der Waals surface area contributed by atoms with E-state index in [1.165, 1.54) is 45.1 Å². The van der Waals surface area contributed by atoms with Gasteiger partial charge in [0.05, 0.1) is 0 Å². The van der Waals surface area contributed by atoms with Crippen LogP contribution >= 0.6 is 0 Å². The molecule has 2 unspecified atom stereocenters. The van der Waals surface area contributed by atoms with Crippen molar-refractivity contribution in [2.24, 2.45) is 17.6 Å². The zero-order valence-electron chi connectivity index (χ0n) is 9.41. The van der Waals surface area contributed by atoms with Crippen molar-refractivity contribution in [1.82, 2.24) is 4.90 Å². The third kappa shape index (κ3) is 2.12. The van der Waals surface area contributed by atoms with Crippen molar-refractivity contribution in [3.63, 3.8) is 0 Å². The summed E-state index contributed by atoms with van der Waals surface area (Å²) in [6.07, 6.45) is 8.50. The van der Waals surface area contributed by atoms with Crippen molar-refractivity contribution in [3.05, 3.63) is 0 Å². The molecule has 2 saturated carbocycles. The summed E-state index contributed by atoms with van der Waals surface area (Å²) >= 11 is 0. The molecule has 0 radical (unpaired) electrons. The van der Waals surface area contributed by atoms with E-state index in [1.54, 1.807) is 0 Å². The topological polar surface area (TPSA) is 29.3 Å². The average molecular weight is 196 g/mol. The van der Waals surface area contributed by atoms with Gasteiger partial charge in [0.1, 0.15) is 0 Å². The molecule has 0 saturated heterocycles. The fourth-order valence-electron chi connectivity index (χ4n) is 3.01. The lowest BCUT2D eigenvalue weighted by molar-refractivity contribution is 0.128. The third-order valence-electron chi connectivity index (χ3n) is 4.34. The summed E-state index contributed by atoms with van der Waals surface area (Å²) in [4.78, 5) is 2.59. The molecule has 2 aliphatic rings. The summed E-state index contributed by atoms with van der Waals surface area (Å²) in [6.45, 7) is 2.20. The maximum atomic E-state index is 5.80. The van der Waals surface area contributed by atoms with Crippen molar-refractivity contribution in [1.29, 1.82) is 0 Å². The lowest BCUT2D eigenvalue weighted by atomic mass is 9.89. The average Bonchev–Trinajstić information content (AvgIpc) is 2.48. The van der Waals surface area contributed by atoms with Crippen molar-refractivity contribution >= 4 is 0 Å². The monoisotopic (exact) mass is 196 g/mol. The van der Waals surface area contributed by atoms with E-state index < -0.39 is 0 Å². The number of rotatable bonds is 4. The van der Waals surface area contributed by atoms with Gasteiger partial charge in [0.15, 0.2) is 0 Å². The summed E-state index contributed by atoms with van der Waals surface area (Å²) in [5.74, 6) is 1.71. The van der Waals surface area contributed by atoms with Gasteiger partial charge >= 0.3 is 0 Å². The van der Waals surface area contributed by atoms with Crippen LogP contribution in [0.3, 0.4) is 0 Å². The first-order valence-corrected chi connectivity index (χ1v) is 6.21. The molecule has 0 aromatic carbocycles. The van der Waals surface area contributed by atoms with Crippen molar-refractivity contribution < 1.29 is 0 Å². The first kappa shape index (κ1) is 10.4. The highest BCUT2D eigenvalue weighted by atomic mass is 15.1. The zero-order chi connectivity index (χ0) is 9.97. The first-order valence-electron chi connectivity index (χ1n) is 6.21. The molecule has 2 heteroatoms. The van der Waals surface area contributed by atoms with Gasteiger partial charge in [-0.3, -0.25) is 0 Å². The number of nitrogens with two attached hydrogens (primary N) is 1. The quantitative estimate of drug-likeness (QED) is 0.743. The Bertz CT molecular complexity index is 177. The van der Waals surface area contributed by atoms with Crippen LogP contribution in [0, 0.1) is 11.8 Å². The Morgan fingerprint density at radius 1 is 1.07 bits per heavy atom. The van der Waals surface area contributed by atoms with E-state index in [2.05, 4.69) is 11.9 Å². The number of nitrogens with zero attached hydrogens (tertiary/aromatic N) is 1. The molecule has 0 bridgehead atoms. The maximum absolute atomic E-state index is 5.80. The molecule has 0 amide bonds. The summed E-state index contributed by atoms with van der Waals surface area (Å²) in [7, 11) is 2.30. The van der Waals surface area contributed by atoms with Crippen LogP contribution in [0.4, 0.5) is 0 Å². The molecule has 0 aromatic heterocycles. The Hall–Kier alpha value is -0.0800. The molecule has 0 spiro atoms. The van der Waals surface area contributed by atoms with Gasteiger partial charge in [0, 0.05) is 12.6 Å². The molecule has 0 aliphatic heterocycles. The van der Waals surface area contributed by atoms with Gasteiger partial charge < -0.3 is 10.6 Å². The minimum atomic E-state index is 0.817. The Balaban J connectivity index is 1.77. The molecule has 14 heavy (non-hydrogen) atoms. The van der Waals surface area contributed by atoms with Crippen LogP contribution in [0.15, 0.2) is 0 Å². The third-order valence-corrected chi connectivity index (χ3v) is 4.34. The van der Waals surface area contributed by atoms with E-state index in [1.807, 2.05) is 0 Å². The predicted molar refractivity (Wildman–Crippen MR) is 60.2 cm³/mol. The fourth-order valence-corrected chi connectivity index (χ4v) is 3.01. The van der Waals surface area contributed by atoms with Gasteiger partial charge in [0.25, 0.3) is 0 Å². The molecule has 82 valence electrons. The minimum absolute atomic E-state index is 0.817. The summed E-state index contributed by atoms with van der Waals surface area (Å²) < 4.78 is 0. The molecule has 2 nitrogen and oxygen atoms in total. The SMILES string of the molecule is CN(CC1CCCC1CN)C1CCC1. The predicted octanol–water partition coefficient (Wildman–Crippen LogP) is 1.85. The first-order chi connectivity index (χ1) is 6.81. The molecule has 2 rings (SSSR count). The Morgan fingerprint density at radius 3 is 2.29 bits per heavy atom. The van der Waals surface area contributed by atoms with Crippen molar-refractivity contribution in [2.45, 2.75) is 44.6 Å². The lowest BCUT2D eigenvalue weighted by Crippen LogP contribution is -2.41. The van der Waals surface area contributed by atoms with Crippen LogP contribution in [-0.4, -0.2) is 31.1 Å². The van der Waals surface area contributed by atoms with E-state index in [9.17, 15) is 0 Å². The molecule has 2 atom stereocenters. The van der Waals surface area contributed by atoms with Crippen LogP contribution < -0.4 is 5.73 Å². The van der Waals surface area contributed by atoms with E-state index in [0.717, 1.165) is 24.4 Å². The van der Waals surface area contributed by atoms with Crippen LogP contribution in [0.25, 0.3) is 0 Å². The van der Waals surface area contributed by atoms with Crippen LogP contribution in [-0.2, 0) is 0 Å². The number of hydrogen-bond donors (Lipinski definition) is 1. The minimum Gasteiger partial charge on any atom is -0.330 e. The van der Waals surface area contributed by atoms with E-state index in [4.69, 9.17) is 5.73 Å². The molecule has 2 N–H and O–H groups in total. The summed E-state index contributed by atoms with van der Waals surface area (Å²) in [5.41, 5.74) is 5.80. The highest BCUT2D eigenvalue weighted by molar-refractivity contribution is 4.84. The van der Waals surface area contributed by atoms with Gasteiger partial charge in [-0.15, -0.1) is 0 Å². The van der Waals surface area contributed by atoms with Crippen LogP contribution in [0.5, 0.6) is 0 Å². The Kier molecular flexibility index (Phi) is 3.45. The summed E-state index contributed by atoms with van der Waals surface area (Å²) in [5, 5.41) is 0. The van der Waals surface area contributed by atoms with Crippen LogP contribution in [0.2, 0.25) is 0 Å². The van der Waals surface area contributed by atoms with Crippen molar-refractivity contribution in [3.8, 4) is 0 Å². The van der Waals surface area contributed by atoms with Gasteiger partial charge in [-0.05, 0) is 51.1 Å². The standard InChI is InChI=1S/C12H24N2/c1-14(12-6-3-7-12)9-11-5-2-4-10(11)8-13/h10-12H,2-9,13H2,1H3. The normalized spacial score (nSPS) is 33.6. The highest BCUT2D eigenvalue weighted by Gasteiger charge is 2.30. The van der Waals surface area contributed by atoms with Crippen LogP contribution in [0.1, 0.15) is 38.5 Å². The number of hydrogen-bond acceptors (Lipinski definition) is 2. The van der Waals surface area contributed by atoms with E-state index in [-0.39, 0.29) is 0 Å². The Labute approximate surface area is 87.8 Å². The van der Waals surface area contributed by atoms with Gasteiger partial charge in [0.2, 0.25) is 0 Å². The second kappa shape index (κ2) is 4.63. The molecule has 2 aliphatic carbocycles. The van der Waals surface area contributed by atoms with E-state index >= 15 is 0 Å². The van der Waals surface area contributed by atoms with Crippen molar-refractivity contribution in [2.75, 3.05) is 20.1 Å². The van der Waals surface area contributed by atoms with E-state index in [0.29, 0.717) is 0 Å². The second-order valence-corrected chi connectivity index (χ2v) is 5.21. The molecule has 0 heterocycles. The lowest BCUT2D eigenvalue weighted by Gasteiger charge is -2.37. The zero-order valence-corrected chi connectivity index (χ0v) is 9.41. The molecule has 2 fully saturated rings. The largest absolute Gasteiger partial charge is 0.330 e. The Morgan fingerprint density at radius 2 is 1.71 bits per heavy atom. The maximum Gasteiger partial charge on any atom is 0.00923 e. The van der Waals surface area contributed by atoms with Gasteiger partial charge in [-0.25, -0.2) is 0 Å². The van der Waals surface area contributed by atoms with Gasteiger partial charge in [-0.1, -0.05) is 12.8 Å². The fraction of sp³-hybridized carbons (Fsp3) is 1.00.